The van der Waals surface area contributed by atoms with Crippen molar-refractivity contribution in [1.29, 1.82) is 0 Å². The van der Waals surface area contributed by atoms with Gasteiger partial charge in [0.1, 0.15) is 11.6 Å². The number of likely N-dealkylation sites (N-methyl/N-ethyl adjacent to an activating group) is 1. The predicted octanol–water partition coefficient (Wildman–Crippen LogP) is 2.68. The summed E-state index contributed by atoms with van der Waals surface area (Å²) in [6, 6.07) is 10.9. The van der Waals surface area contributed by atoms with Crippen molar-refractivity contribution in [3.05, 3.63) is 65.7 Å². The second kappa shape index (κ2) is 6.80. The van der Waals surface area contributed by atoms with E-state index < -0.39 is 23.4 Å². The van der Waals surface area contributed by atoms with Crippen molar-refractivity contribution in [2.75, 3.05) is 18.9 Å². The maximum absolute atomic E-state index is 13.5. The molecule has 2 rings (SSSR count). The van der Waals surface area contributed by atoms with E-state index in [4.69, 9.17) is 0 Å². The number of anilines is 1. The maximum Gasteiger partial charge on any atom is 0.257 e. The third kappa shape index (κ3) is 3.88. The van der Waals surface area contributed by atoms with Gasteiger partial charge in [0.15, 0.2) is 0 Å². The lowest BCUT2D eigenvalue weighted by Crippen LogP contribution is -2.35. The molecule has 0 aliphatic heterocycles. The first-order chi connectivity index (χ1) is 10.5. The molecule has 0 aromatic heterocycles. The van der Waals surface area contributed by atoms with Crippen LogP contribution in [-0.2, 0) is 4.79 Å². The summed E-state index contributed by atoms with van der Waals surface area (Å²) in [5.41, 5.74) is 0.181. The van der Waals surface area contributed by atoms with Gasteiger partial charge in [-0.2, -0.15) is 0 Å². The first-order valence-corrected chi connectivity index (χ1v) is 6.53. The Morgan fingerprint density at radius 3 is 2.50 bits per heavy atom. The van der Waals surface area contributed by atoms with Crippen LogP contribution < -0.4 is 5.32 Å². The molecule has 4 nitrogen and oxygen atoms in total. The fourth-order valence-electron chi connectivity index (χ4n) is 1.89. The monoisotopic (exact) mass is 304 g/mol. The van der Waals surface area contributed by atoms with Crippen LogP contribution >= 0.6 is 0 Å². The zero-order valence-electron chi connectivity index (χ0n) is 11.8. The first kappa shape index (κ1) is 15.6. The Morgan fingerprint density at radius 1 is 1.09 bits per heavy atom. The number of rotatable bonds is 4. The molecular weight excluding hydrogens is 290 g/mol. The molecule has 0 aliphatic rings. The molecule has 6 heteroatoms. The van der Waals surface area contributed by atoms with Crippen LogP contribution in [0.3, 0.4) is 0 Å². The summed E-state index contributed by atoms with van der Waals surface area (Å²) in [5, 5.41) is 2.47. The third-order valence-electron chi connectivity index (χ3n) is 2.94. The highest BCUT2D eigenvalue weighted by molar-refractivity contribution is 5.99. The molecule has 0 bridgehead atoms. The first-order valence-electron chi connectivity index (χ1n) is 6.53. The molecule has 0 spiro atoms. The van der Waals surface area contributed by atoms with Crippen molar-refractivity contribution < 1.29 is 18.4 Å². The number of amides is 2. The van der Waals surface area contributed by atoms with Crippen molar-refractivity contribution in [2.24, 2.45) is 0 Å². The minimum atomic E-state index is -0.648. The normalized spacial score (nSPS) is 10.1. The quantitative estimate of drug-likeness (QED) is 0.944. The molecule has 22 heavy (non-hydrogen) atoms. The molecule has 0 saturated carbocycles. The van der Waals surface area contributed by atoms with Crippen molar-refractivity contribution in [3.8, 4) is 0 Å². The second-order valence-electron chi connectivity index (χ2n) is 4.70. The smallest absolute Gasteiger partial charge is 0.257 e. The van der Waals surface area contributed by atoms with Crippen LogP contribution in [0.4, 0.5) is 14.5 Å². The van der Waals surface area contributed by atoms with E-state index >= 15 is 0 Å². The highest BCUT2D eigenvalue weighted by atomic mass is 19.1. The summed E-state index contributed by atoms with van der Waals surface area (Å²) in [5.74, 6) is -2.23. The number of carbonyl (C=O) groups is 2. The molecule has 2 amide bonds. The maximum atomic E-state index is 13.5. The lowest BCUT2D eigenvalue weighted by atomic mass is 10.2. The molecule has 0 fully saturated rings. The molecule has 114 valence electrons. The molecule has 2 aromatic carbocycles. The topological polar surface area (TPSA) is 49.4 Å². The summed E-state index contributed by atoms with van der Waals surface area (Å²) >= 11 is 0. The molecule has 0 heterocycles. The Labute approximate surface area is 126 Å². The van der Waals surface area contributed by atoms with Crippen LogP contribution in [0.2, 0.25) is 0 Å². The van der Waals surface area contributed by atoms with Crippen LogP contribution in [0.1, 0.15) is 10.4 Å². The minimum Gasteiger partial charge on any atom is -0.332 e. The third-order valence-corrected chi connectivity index (χ3v) is 2.94. The van der Waals surface area contributed by atoms with Gasteiger partial charge in [0, 0.05) is 12.7 Å². The number of nitrogens with zero attached hydrogens (tertiary/aromatic N) is 1. The minimum absolute atomic E-state index is 0.108. The van der Waals surface area contributed by atoms with Crippen molar-refractivity contribution >= 4 is 17.5 Å². The van der Waals surface area contributed by atoms with Crippen LogP contribution in [0.5, 0.6) is 0 Å². The number of hydrogen-bond acceptors (Lipinski definition) is 2. The molecule has 0 radical (unpaired) electrons. The molecule has 0 atom stereocenters. The van der Waals surface area contributed by atoms with E-state index in [-0.39, 0.29) is 17.8 Å². The van der Waals surface area contributed by atoms with E-state index in [1.165, 1.54) is 49.5 Å². The number of benzene rings is 2. The van der Waals surface area contributed by atoms with Crippen molar-refractivity contribution in [3.63, 3.8) is 0 Å². The molecule has 2 aromatic rings. The molecule has 0 aliphatic carbocycles. The Bertz CT molecular complexity index is 704. The van der Waals surface area contributed by atoms with Gasteiger partial charge in [0.05, 0.1) is 12.1 Å². The summed E-state index contributed by atoms with van der Waals surface area (Å²) < 4.78 is 26.6. The van der Waals surface area contributed by atoms with Crippen LogP contribution in [0, 0.1) is 11.6 Å². The fraction of sp³-hybridized carbons (Fsp3) is 0.125. The molecular formula is C16H14F2N2O2. The van der Waals surface area contributed by atoms with Crippen molar-refractivity contribution in [2.45, 2.75) is 0 Å². The zero-order valence-corrected chi connectivity index (χ0v) is 11.8. The standard InChI is InChI=1S/C16H14F2N2O2/c1-20(16(22)13-7-2-3-8-14(13)18)10-15(21)19-12-6-4-5-11(17)9-12/h2-9H,10H2,1H3,(H,19,21). The summed E-state index contributed by atoms with van der Waals surface area (Å²) in [6.07, 6.45) is 0. The second-order valence-corrected chi connectivity index (χ2v) is 4.70. The van der Waals surface area contributed by atoms with Crippen LogP contribution in [0.25, 0.3) is 0 Å². The highest BCUT2D eigenvalue weighted by Crippen LogP contribution is 2.11. The lowest BCUT2D eigenvalue weighted by Gasteiger charge is -2.17. The fourth-order valence-corrected chi connectivity index (χ4v) is 1.89. The van der Waals surface area contributed by atoms with Gasteiger partial charge in [-0.15, -0.1) is 0 Å². The Morgan fingerprint density at radius 2 is 1.82 bits per heavy atom. The average molecular weight is 304 g/mol. The van der Waals surface area contributed by atoms with Gasteiger partial charge in [-0.05, 0) is 30.3 Å². The van der Waals surface area contributed by atoms with E-state index in [9.17, 15) is 18.4 Å². The van der Waals surface area contributed by atoms with Crippen LogP contribution in [0.15, 0.2) is 48.5 Å². The number of carbonyl (C=O) groups excluding carboxylic acids is 2. The Hall–Kier alpha value is -2.76. The number of halogens is 2. The average Bonchev–Trinajstić information content (AvgIpc) is 2.46. The van der Waals surface area contributed by atoms with Gasteiger partial charge in [0.25, 0.3) is 5.91 Å². The van der Waals surface area contributed by atoms with E-state index in [1.54, 1.807) is 0 Å². The van der Waals surface area contributed by atoms with Gasteiger partial charge in [0.2, 0.25) is 5.91 Å². The van der Waals surface area contributed by atoms with E-state index in [0.717, 1.165) is 11.0 Å². The van der Waals surface area contributed by atoms with Gasteiger partial charge >= 0.3 is 0 Å². The summed E-state index contributed by atoms with van der Waals surface area (Å²) in [6.45, 7) is -0.274. The SMILES string of the molecule is CN(CC(=O)Nc1cccc(F)c1)C(=O)c1ccccc1F. The van der Waals surface area contributed by atoms with Crippen molar-refractivity contribution in [1.82, 2.24) is 4.90 Å². The summed E-state index contributed by atoms with van der Waals surface area (Å²) in [7, 11) is 1.39. The summed E-state index contributed by atoms with van der Waals surface area (Å²) in [4.78, 5) is 25.0. The number of nitrogens with one attached hydrogen (secondary N) is 1. The Kier molecular flexibility index (Phi) is 4.83. The van der Waals surface area contributed by atoms with E-state index in [2.05, 4.69) is 5.32 Å². The van der Waals surface area contributed by atoms with E-state index in [0.29, 0.717) is 0 Å². The molecule has 0 unspecified atom stereocenters. The zero-order chi connectivity index (χ0) is 16.1. The lowest BCUT2D eigenvalue weighted by molar-refractivity contribution is -0.116. The largest absolute Gasteiger partial charge is 0.332 e. The highest BCUT2D eigenvalue weighted by Gasteiger charge is 2.18. The number of hydrogen-bond donors (Lipinski definition) is 1. The van der Waals surface area contributed by atoms with Gasteiger partial charge < -0.3 is 10.2 Å². The van der Waals surface area contributed by atoms with Gasteiger partial charge in [-0.1, -0.05) is 18.2 Å². The van der Waals surface area contributed by atoms with Gasteiger partial charge in [-0.3, -0.25) is 9.59 Å². The van der Waals surface area contributed by atoms with Crippen LogP contribution in [-0.4, -0.2) is 30.3 Å². The molecule has 0 saturated heterocycles. The van der Waals surface area contributed by atoms with E-state index in [1.807, 2.05) is 0 Å². The van der Waals surface area contributed by atoms with Gasteiger partial charge in [-0.25, -0.2) is 8.78 Å². The Balaban J connectivity index is 1.99. The predicted molar refractivity (Wildman–Crippen MR) is 78.4 cm³/mol. The molecule has 1 N–H and O–H groups in total.